The van der Waals surface area contributed by atoms with Crippen LogP contribution in [0.15, 0.2) is 12.1 Å². The molecule has 0 bridgehead atoms. The lowest BCUT2D eigenvalue weighted by molar-refractivity contribution is 0.0593. The molecule has 1 heterocycles. The van der Waals surface area contributed by atoms with E-state index >= 15 is 0 Å². The zero-order valence-corrected chi connectivity index (χ0v) is 18.0. The van der Waals surface area contributed by atoms with Crippen LogP contribution in [0.4, 0.5) is 0 Å². The Morgan fingerprint density at radius 2 is 1.46 bits per heavy atom. The third-order valence-electron chi connectivity index (χ3n) is 3.23. The van der Waals surface area contributed by atoms with Gasteiger partial charge in [-0.05, 0) is 19.1 Å². The molecule has 0 saturated carbocycles. The minimum absolute atomic E-state index is 0.143. The average Bonchev–Trinajstić information content (AvgIpc) is 2.43. The summed E-state index contributed by atoms with van der Waals surface area (Å²) in [5.41, 5.74) is -3.30. The van der Waals surface area contributed by atoms with Crippen LogP contribution in [0.25, 0.3) is 0 Å². The second kappa shape index (κ2) is 7.10. The summed E-state index contributed by atoms with van der Waals surface area (Å²) >= 11 is 0. The first-order chi connectivity index (χ1) is 11.6. The lowest BCUT2D eigenvalue weighted by atomic mass is 10.2. The fourth-order valence-corrected chi connectivity index (χ4v) is 26.6. The molecule has 13 heteroatoms. The number of pyridine rings is 1. The van der Waals surface area contributed by atoms with Crippen molar-refractivity contribution in [3.05, 3.63) is 29.1 Å². The highest BCUT2D eigenvalue weighted by atomic mass is 32.8. The van der Waals surface area contributed by atoms with E-state index in [0.29, 0.717) is 24.5 Å². The zero-order chi connectivity index (χ0) is 20.6. The van der Waals surface area contributed by atoms with E-state index in [0.717, 1.165) is 7.11 Å². The van der Waals surface area contributed by atoms with Crippen molar-refractivity contribution in [2.75, 3.05) is 25.9 Å². The molecule has 0 N–H and O–H groups in total. The molecule has 0 saturated heterocycles. The molecule has 1 rings (SSSR count). The van der Waals surface area contributed by atoms with Crippen molar-refractivity contribution < 1.29 is 34.8 Å². The van der Waals surface area contributed by atoms with Gasteiger partial charge in [0.15, 0.2) is 33.6 Å². The predicted octanol–water partition coefficient (Wildman–Crippen LogP) is -0.860. The van der Waals surface area contributed by atoms with Gasteiger partial charge >= 0.3 is 11.5 Å². The highest BCUT2D eigenvalue weighted by Gasteiger charge is 2.64. The highest BCUT2D eigenvalue weighted by Crippen LogP contribution is 2.24. The van der Waals surface area contributed by atoms with E-state index in [4.69, 9.17) is 0 Å². The molecule has 0 aliphatic heterocycles. The number of carbonyl (C=O) groups is 1. The van der Waals surface area contributed by atoms with Gasteiger partial charge in [-0.25, -0.2) is 35.0 Å². The van der Waals surface area contributed by atoms with Gasteiger partial charge in [0.1, 0.15) is 0 Å². The van der Waals surface area contributed by atoms with Crippen LogP contribution in [0.3, 0.4) is 0 Å². The summed E-state index contributed by atoms with van der Waals surface area (Å²) in [6, 6.07) is 2.74. The number of methoxy groups -OCH3 is 1. The smallest absolute Gasteiger partial charge is 0.464 e. The molecular formula is C13H17NO8S3Si. The number of carbonyl (C=O) groups excluding carboxylic acids is 1. The Morgan fingerprint density at radius 1 is 1.00 bits per heavy atom. The minimum Gasteiger partial charge on any atom is -0.464 e. The monoisotopic (exact) mass is 439 g/mol. The summed E-state index contributed by atoms with van der Waals surface area (Å²) in [5.74, 6) is 1.34. The number of hydrogen-bond donors (Lipinski definition) is 0. The molecular weight excluding hydrogens is 422 g/mol. The molecule has 0 unspecified atom stereocenters. The van der Waals surface area contributed by atoms with Crippen molar-refractivity contribution in [2.45, 2.75) is 6.92 Å². The van der Waals surface area contributed by atoms with Crippen LogP contribution in [0, 0.1) is 18.4 Å². The molecule has 0 spiro atoms. The van der Waals surface area contributed by atoms with Gasteiger partial charge in [0, 0.05) is 24.5 Å². The number of aromatic nitrogens is 1. The number of hydrogen-bond acceptors (Lipinski definition) is 9. The Labute approximate surface area is 152 Å². The van der Waals surface area contributed by atoms with E-state index in [1.165, 1.54) is 12.1 Å². The topological polar surface area (TPSA) is 142 Å². The molecule has 0 radical (unpaired) electrons. The summed E-state index contributed by atoms with van der Waals surface area (Å²) in [5, 5.41) is 0. The van der Waals surface area contributed by atoms with E-state index < -0.39 is 39.4 Å². The van der Waals surface area contributed by atoms with Crippen molar-refractivity contribution in [1.29, 1.82) is 0 Å². The lowest BCUT2D eigenvalue weighted by Crippen LogP contribution is -2.57. The maximum atomic E-state index is 12.2. The summed E-state index contributed by atoms with van der Waals surface area (Å²) in [6.45, 7) is 1.58. The third kappa shape index (κ3) is 3.98. The van der Waals surface area contributed by atoms with Crippen molar-refractivity contribution in [3.63, 3.8) is 0 Å². The van der Waals surface area contributed by atoms with Gasteiger partial charge in [-0.3, -0.25) is 0 Å². The molecule has 0 amide bonds. The second-order valence-corrected chi connectivity index (χ2v) is 26.0. The number of nitrogens with zero attached hydrogens (tertiary/aromatic N) is 1. The lowest BCUT2D eigenvalue weighted by Gasteiger charge is -2.18. The zero-order valence-electron chi connectivity index (χ0n) is 14.6. The minimum atomic E-state index is -5.29. The molecule has 0 fully saturated rings. The molecule has 0 aromatic carbocycles. The van der Waals surface area contributed by atoms with Crippen LogP contribution in [0.1, 0.15) is 21.7 Å². The largest absolute Gasteiger partial charge is 0.522 e. The number of ether oxygens (including phenoxy) is 1. The second-order valence-electron chi connectivity index (χ2n) is 5.46. The summed E-state index contributed by atoms with van der Waals surface area (Å²) < 4.78 is 77.7. The first-order valence-corrected chi connectivity index (χ1v) is 16.6. The van der Waals surface area contributed by atoms with Gasteiger partial charge in [-0.2, -0.15) is 0 Å². The van der Waals surface area contributed by atoms with Crippen molar-refractivity contribution in [3.8, 4) is 11.5 Å². The van der Waals surface area contributed by atoms with Gasteiger partial charge in [0.2, 0.25) is 0 Å². The van der Waals surface area contributed by atoms with Crippen LogP contribution < -0.4 is 0 Å². The van der Waals surface area contributed by atoms with Gasteiger partial charge < -0.3 is 4.74 Å². The number of rotatable bonds is 4. The number of esters is 1. The molecule has 0 atom stereocenters. The van der Waals surface area contributed by atoms with Crippen LogP contribution in [-0.2, 0) is 32.6 Å². The number of aryl methyl sites for hydroxylation is 1. The quantitative estimate of drug-likeness (QED) is 0.333. The Hall–Kier alpha value is -1.75. The molecule has 0 aliphatic rings. The Balaban J connectivity index is 3.96. The SMILES string of the molecule is COC(=O)c1nc(C)ccc1C#C[Si](S(C)(=O)=O)(S(C)(=O)=O)S(C)(=O)=O. The van der Waals surface area contributed by atoms with Crippen LogP contribution in [0.2, 0.25) is 0 Å². The van der Waals surface area contributed by atoms with Crippen molar-refractivity contribution in [2.24, 2.45) is 0 Å². The van der Waals surface area contributed by atoms with E-state index in [9.17, 15) is 30.0 Å². The standard InChI is InChI=1S/C13H17NO8S3Si/c1-10-6-7-11(12(14-10)13(15)22-2)8-9-26(23(3,16)17,24(4,18)19)25(5,20)21/h6-7H,1-5H3. The van der Waals surface area contributed by atoms with E-state index in [2.05, 4.69) is 15.6 Å². The van der Waals surface area contributed by atoms with E-state index in [1.807, 2.05) is 5.54 Å². The van der Waals surface area contributed by atoms with Crippen LogP contribution >= 0.6 is 0 Å². The summed E-state index contributed by atoms with van der Waals surface area (Å²) in [4.78, 5) is 15.7. The molecule has 144 valence electrons. The maximum Gasteiger partial charge on any atom is 0.522 e. The van der Waals surface area contributed by atoms with E-state index in [1.54, 1.807) is 6.92 Å². The maximum absolute atomic E-state index is 12.2. The van der Waals surface area contributed by atoms with Crippen LogP contribution in [0.5, 0.6) is 0 Å². The Kier molecular flexibility index (Phi) is 6.09. The van der Waals surface area contributed by atoms with Crippen LogP contribution in [-0.4, -0.2) is 67.6 Å². The third-order valence-corrected chi connectivity index (χ3v) is 32.6. The van der Waals surface area contributed by atoms with Crippen molar-refractivity contribution >= 4 is 39.4 Å². The van der Waals surface area contributed by atoms with Gasteiger partial charge in [-0.1, -0.05) is 11.5 Å². The van der Waals surface area contributed by atoms with Gasteiger partial charge in [-0.15, -0.1) is 0 Å². The van der Waals surface area contributed by atoms with Crippen molar-refractivity contribution in [1.82, 2.24) is 4.98 Å². The van der Waals surface area contributed by atoms with E-state index in [-0.39, 0.29) is 11.3 Å². The Bertz CT molecular complexity index is 1050. The fourth-order valence-electron chi connectivity index (χ4n) is 2.16. The van der Waals surface area contributed by atoms with Gasteiger partial charge in [0.05, 0.1) is 12.7 Å². The summed E-state index contributed by atoms with van der Waals surface area (Å²) in [6.07, 6.45) is 1.56. The first kappa shape index (κ1) is 22.3. The molecule has 1 aromatic rings. The molecule has 9 nitrogen and oxygen atoms in total. The average molecular weight is 440 g/mol. The predicted molar refractivity (Wildman–Crippen MR) is 97.5 cm³/mol. The summed E-state index contributed by atoms with van der Waals surface area (Å²) in [7, 11) is -12.7. The fraction of sp³-hybridized carbons (Fsp3) is 0.385. The molecule has 0 aliphatic carbocycles. The normalized spacial score (nSPS) is 12.8. The first-order valence-electron chi connectivity index (χ1n) is 6.76. The van der Waals surface area contributed by atoms with Gasteiger partial charge in [0.25, 0.3) is 0 Å². The highest BCUT2D eigenvalue weighted by molar-refractivity contribution is 8.74. The Morgan fingerprint density at radius 3 is 1.85 bits per heavy atom. The molecule has 1 aromatic heterocycles. The molecule has 26 heavy (non-hydrogen) atoms.